The number of hydrogen-bond acceptors (Lipinski definition) is 3. The molecule has 1 fully saturated rings. The van der Waals surface area contributed by atoms with Gasteiger partial charge in [-0.05, 0) is 50.8 Å². The van der Waals surface area contributed by atoms with Crippen LogP contribution in [0, 0.1) is 18.6 Å². The number of hydrogen-bond donors (Lipinski definition) is 2. The van der Waals surface area contributed by atoms with Crippen LogP contribution in [0.15, 0.2) is 12.1 Å². The van der Waals surface area contributed by atoms with Gasteiger partial charge in [-0.25, -0.2) is 8.78 Å². The molecule has 1 aliphatic heterocycles. The molecule has 7 heteroatoms. The van der Waals surface area contributed by atoms with Crippen LogP contribution < -0.4 is 10.2 Å². The van der Waals surface area contributed by atoms with Crippen LogP contribution in [0.25, 0.3) is 0 Å². The molecule has 1 amide bonds. The average Bonchev–Trinajstić information content (AvgIpc) is 3.21. The highest BCUT2D eigenvalue weighted by Gasteiger charge is 2.24. The lowest BCUT2D eigenvalue weighted by Crippen LogP contribution is -2.21. The molecule has 0 bridgehead atoms. The highest BCUT2D eigenvalue weighted by molar-refractivity contribution is 6.07. The molecule has 1 aromatic carbocycles. The third kappa shape index (κ3) is 3.59. The molecule has 1 aromatic heterocycles. The van der Waals surface area contributed by atoms with Gasteiger partial charge in [-0.15, -0.1) is 0 Å². The van der Waals surface area contributed by atoms with Gasteiger partial charge in [0, 0.05) is 30.0 Å². The fourth-order valence-electron chi connectivity index (χ4n) is 3.77. The van der Waals surface area contributed by atoms with E-state index in [1.807, 2.05) is 6.92 Å². The van der Waals surface area contributed by atoms with E-state index in [0.29, 0.717) is 36.3 Å². The molecule has 0 saturated carbocycles. The zero-order chi connectivity index (χ0) is 19.7. The van der Waals surface area contributed by atoms with Gasteiger partial charge in [0.2, 0.25) is 0 Å². The van der Waals surface area contributed by atoms with Crippen molar-refractivity contribution in [3.8, 4) is 0 Å². The summed E-state index contributed by atoms with van der Waals surface area (Å²) in [7, 11) is 0. The number of halogens is 2. The number of amides is 1. The minimum Gasteiger partial charge on any atom is -0.367 e. The second kappa shape index (κ2) is 7.50. The van der Waals surface area contributed by atoms with Crippen molar-refractivity contribution in [1.82, 2.24) is 4.98 Å². The predicted molar refractivity (Wildman–Crippen MR) is 101 cm³/mol. The minimum absolute atomic E-state index is 0.0385. The molecule has 2 N–H and O–H groups in total. The molecule has 1 saturated heterocycles. The van der Waals surface area contributed by atoms with Gasteiger partial charge in [0.1, 0.15) is 11.4 Å². The molecule has 2 aromatic rings. The monoisotopic (exact) mass is 375 g/mol. The summed E-state index contributed by atoms with van der Waals surface area (Å²) >= 11 is 0. The van der Waals surface area contributed by atoms with Gasteiger partial charge in [-0.1, -0.05) is 6.92 Å². The number of aromatic amines is 1. The molecule has 0 atom stereocenters. The summed E-state index contributed by atoms with van der Waals surface area (Å²) in [4.78, 5) is 29.1. The Morgan fingerprint density at radius 3 is 2.30 bits per heavy atom. The smallest absolute Gasteiger partial charge is 0.272 e. The van der Waals surface area contributed by atoms with E-state index in [2.05, 4.69) is 10.3 Å². The topological polar surface area (TPSA) is 65.2 Å². The number of Topliss-reactive ketones (excluding diaryl/α,β-unsaturated/α-hetero) is 1. The second-order valence-corrected chi connectivity index (χ2v) is 6.83. The molecule has 3 rings (SSSR count). The van der Waals surface area contributed by atoms with Crippen molar-refractivity contribution in [3.05, 3.63) is 46.3 Å². The first-order valence-electron chi connectivity index (χ1n) is 9.11. The number of nitrogens with zero attached hydrogens (tertiary/aromatic N) is 1. The Hall–Kier alpha value is -2.70. The largest absolute Gasteiger partial charge is 0.367 e. The summed E-state index contributed by atoms with van der Waals surface area (Å²) in [5.74, 6) is -2.06. The summed E-state index contributed by atoms with van der Waals surface area (Å²) in [5.41, 5.74) is 1.93. The third-order valence-corrected chi connectivity index (χ3v) is 4.92. The lowest BCUT2D eigenvalue weighted by atomic mass is 10.0. The van der Waals surface area contributed by atoms with Crippen LogP contribution in [-0.4, -0.2) is 29.8 Å². The number of carbonyl (C=O) groups is 2. The van der Waals surface area contributed by atoms with Crippen molar-refractivity contribution in [2.24, 2.45) is 0 Å². The molecule has 27 heavy (non-hydrogen) atoms. The summed E-state index contributed by atoms with van der Waals surface area (Å²) in [6.45, 7) is 6.25. The Morgan fingerprint density at radius 1 is 1.19 bits per heavy atom. The Labute approximate surface area is 156 Å². The molecule has 0 radical (unpaired) electrons. The SMILES string of the molecule is CCc1c(C(=O)Nc2cc(F)c(N3CCCC3)c(F)c2)[nH]c(C)c1C(C)=O. The van der Waals surface area contributed by atoms with Crippen molar-refractivity contribution in [1.29, 1.82) is 0 Å². The molecule has 0 unspecified atom stereocenters. The Morgan fingerprint density at radius 2 is 1.78 bits per heavy atom. The Balaban J connectivity index is 1.89. The Kier molecular flexibility index (Phi) is 5.30. The maximum absolute atomic E-state index is 14.4. The van der Waals surface area contributed by atoms with Crippen molar-refractivity contribution in [2.75, 3.05) is 23.3 Å². The molecule has 2 heterocycles. The van der Waals surface area contributed by atoms with Crippen molar-refractivity contribution < 1.29 is 18.4 Å². The first-order chi connectivity index (χ1) is 12.8. The highest BCUT2D eigenvalue weighted by Crippen LogP contribution is 2.30. The van der Waals surface area contributed by atoms with E-state index in [-0.39, 0.29) is 22.9 Å². The van der Waals surface area contributed by atoms with E-state index >= 15 is 0 Å². The van der Waals surface area contributed by atoms with E-state index in [0.717, 1.165) is 25.0 Å². The fraction of sp³-hybridized carbons (Fsp3) is 0.400. The van der Waals surface area contributed by atoms with Gasteiger partial charge in [0.25, 0.3) is 5.91 Å². The number of anilines is 2. The third-order valence-electron chi connectivity index (χ3n) is 4.92. The van der Waals surface area contributed by atoms with Gasteiger partial charge in [0.15, 0.2) is 17.4 Å². The molecule has 1 aliphatic rings. The molecular weight excluding hydrogens is 352 g/mol. The van der Waals surface area contributed by atoms with Crippen LogP contribution in [0.3, 0.4) is 0 Å². The zero-order valence-corrected chi connectivity index (χ0v) is 15.7. The zero-order valence-electron chi connectivity index (χ0n) is 15.7. The lowest BCUT2D eigenvalue weighted by molar-refractivity contribution is 0.101. The van der Waals surface area contributed by atoms with Gasteiger partial charge in [0.05, 0.1) is 0 Å². The van der Waals surface area contributed by atoms with E-state index in [1.165, 1.54) is 6.92 Å². The second-order valence-electron chi connectivity index (χ2n) is 6.83. The fourth-order valence-corrected chi connectivity index (χ4v) is 3.77. The van der Waals surface area contributed by atoms with Gasteiger partial charge in [-0.2, -0.15) is 0 Å². The van der Waals surface area contributed by atoms with Crippen LogP contribution in [0.2, 0.25) is 0 Å². The molecule has 0 spiro atoms. The van der Waals surface area contributed by atoms with E-state index < -0.39 is 17.5 Å². The maximum Gasteiger partial charge on any atom is 0.272 e. The van der Waals surface area contributed by atoms with Crippen molar-refractivity contribution >= 4 is 23.1 Å². The van der Waals surface area contributed by atoms with E-state index in [1.54, 1.807) is 11.8 Å². The number of aromatic nitrogens is 1. The number of nitrogens with one attached hydrogen (secondary N) is 2. The number of benzene rings is 1. The maximum atomic E-state index is 14.4. The number of carbonyl (C=O) groups excluding carboxylic acids is 2. The number of ketones is 1. The number of H-pyrrole nitrogens is 1. The number of aryl methyl sites for hydroxylation is 1. The normalized spacial score (nSPS) is 13.9. The minimum atomic E-state index is -0.699. The van der Waals surface area contributed by atoms with Crippen molar-refractivity contribution in [2.45, 2.75) is 40.0 Å². The summed E-state index contributed by atoms with van der Waals surface area (Å²) in [6, 6.07) is 2.25. The quantitative estimate of drug-likeness (QED) is 0.769. The summed E-state index contributed by atoms with van der Waals surface area (Å²) < 4.78 is 28.9. The first-order valence-corrected chi connectivity index (χ1v) is 9.11. The van der Waals surface area contributed by atoms with Gasteiger partial charge >= 0.3 is 0 Å². The standard InChI is InChI=1S/C20H23F2N3O2/c1-4-14-17(12(3)26)11(2)23-18(14)20(27)24-13-9-15(21)19(16(22)10-13)25-7-5-6-8-25/h9-10,23H,4-8H2,1-3H3,(H,24,27). The lowest BCUT2D eigenvalue weighted by Gasteiger charge is -2.19. The van der Waals surface area contributed by atoms with Crippen LogP contribution in [-0.2, 0) is 6.42 Å². The highest BCUT2D eigenvalue weighted by atomic mass is 19.1. The molecular formula is C20H23F2N3O2. The van der Waals surface area contributed by atoms with E-state index in [9.17, 15) is 18.4 Å². The van der Waals surface area contributed by atoms with Crippen LogP contribution in [0.4, 0.5) is 20.2 Å². The average molecular weight is 375 g/mol. The Bertz CT molecular complexity index is 876. The molecule has 5 nitrogen and oxygen atoms in total. The van der Waals surface area contributed by atoms with E-state index in [4.69, 9.17) is 0 Å². The molecule has 144 valence electrons. The van der Waals surface area contributed by atoms with Gasteiger partial charge in [-0.3, -0.25) is 9.59 Å². The molecule has 0 aliphatic carbocycles. The summed E-state index contributed by atoms with van der Waals surface area (Å²) in [6.07, 6.45) is 2.29. The number of rotatable bonds is 5. The van der Waals surface area contributed by atoms with Crippen LogP contribution in [0.1, 0.15) is 58.8 Å². The summed E-state index contributed by atoms with van der Waals surface area (Å²) in [5, 5.41) is 2.53. The first kappa shape index (κ1) is 19.1. The van der Waals surface area contributed by atoms with Crippen LogP contribution >= 0.6 is 0 Å². The van der Waals surface area contributed by atoms with Gasteiger partial charge < -0.3 is 15.2 Å². The van der Waals surface area contributed by atoms with Crippen molar-refractivity contribution in [3.63, 3.8) is 0 Å². The predicted octanol–water partition coefficient (Wildman–Crippen LogP) is 4.22. The van der Waals surface area contributed by atoms with Crippen LogP contribution in [0.5, 0.6) is 0 Å².